The third-order valence-electron chi connectivity index (χ3n) is 2.68. The van der Waals surface area contributed by atoms with E-state index in [4.69, 9.17) is 4.84 Å². The summed E-state index contributed by atoms with van der Waals surface area (Å²) in [5.74, 6) is 0.157. The van der Waals surface area contributed by atoms with Gasteiger partial charge in [0.05, 0.1) is 6.61 Å². The van der Waals surface area contributed by atoms with Crippen LogP contribution >= 0.6 is 0 Å². The molecule has 1 aromatic rings. The maximum Gasteiger partial charge on any atom is 0.433 e. The van der Waals surface area contributed by atoms with Crippen LogP contribution in [0.4, 0.5) is 24.9 Å². The monoisotopic (exact) mass is 276 g/mol. The summed E-state index contributed by atoms with van der Waals surface area (Å²) in [7, 11) is 3.26. The molecule has 0 radical (unpaired) electrons. The topological polar surface area (TPSA) is 41.5 Å². The minimum absolute atomic E-state index is 0.0433. The normalized spacial score (nSPS) is 16.6. The Kier molecular flexibility index (Phi) is 3.79. The van der Waals surface area contributed by atoms with Crippen molar-refractivity contribution in [1.29, 1.82) is 0 Å². The van der Waals surface area contributed by atoms with Crippen molar-refractivity contribution in [3.63, 3.8) is 0 Å². The fourth-order valence-electron chi connectivity index (χ4n) is 1.66. The molecule has 1 fully saturated rings. The average Bonchev–Trinajstić information content (AvgIpc) is 2.38. The van der Waals surface area contributed by atoms with E-state index in [-0.39, 0.29) is 11.8 Å². The predicted molar refractivity (Wildman–Crippen MR) is 63.9 cm³/mol. The van der Waals surface area contributed by atoms with Gasteiger partial charge in [-0.05, 0) is 12.8 Å². The molecular weight excluding hydrogens is 261 g/mol. The number of hydrogen-bond acceptors (Lipinski definition) is 5. The van der Waals surface area contributed by atoms with Gasteiger partial charge in [-0.1, -0.05) is 0 Å². The molecule has 0 N–H and O–H groups in total. The molecule has 2 heterocycles. The van der Waals surface area contributed by atoms with Crippen LogP contribution in [-0.2, 0) is 11.0 Å². The summed E-state index contributed by atoms with van der Waals surface area (Å²) in [5.41, 5.74) is -0.963. The van der Waals surface area contributed by atoms with Gasteiger partial charge < -0.3 is 4.90 Å². The minimum atomic E-state index is -4.50. The molecule has 1 saturated heterocycles. The zero-order chi connectivity index (χ0) is 14.0. The first kappa shape index (κ1) is 13.9. The van der Waals surface area contributed by atoms with Gasteiger partial charge in [-0.25, -0.2) is 10.0 Å². The highest BCUT2D eigenvalue weighted by molar-refractivity contribution is 5.44. The van der Waals surface area contributed by atoms with E-state index in [9.17, 15) is 13.2 Å². The lowest BCUT2D eigenvalue weighted by Crippen LogP contribution is -2.32. The van der Waals surface area contributed by atoms with Crippen molar-refractivity contribution in [2.75, 3.05) is 37.2 Å². The van der Waals surface area contributed by atoms with E-state index in [1.165, 1.54) is 9.96 Å². The SMILES string of the molecule is CN(C)c1cc(C(F)(F)F)nc(N2CCCCO2)n1. The standard InChI is InChI=1S/C11H15F3N4O/c1-17(2)9-7-8(11(12,13)14)15-10(16-9)18-5-3-4-6-19-18/h7H,3-6H2,1-2H3. The smallest absolute Gasteiger partial charge is 0.363 e. The van der Waals surface area contributed by atoms with E-state index in [2.05, 4.69) is 9.97 Å². The van der Waals surface area contributed by atoms with Crippen LogP contribution in [-0.4, -0.2) is 37.2 Å². The fraction of sp³-hybridized carbons (Fsp3) is 0.636. The number of hydrogen-bond donors (Lipinski definition) is 0. The molecule has 0 bridgehead atoms. The van der Waals surface area contributed by atoms with Crippen molar-refractivity contribution in [2.45, 2.75) is 19.0 Å². The highest BCUT2D eigenvalue weighted by Gasteiger charge is 2.34. The summed E-state index contributed by atoms with van der Waals surface area (Å²) in [6.07, 6.45) is -2.77. The third kappa shape index (κ3) is 3.25. The Morgan fingerprint density at radius 1 is 1.26 bits per heavy atom. The zero-order valence-electron chi connectivity index (χ0n) is 10.7. The molecule has 5 nitrogen and oxygen atoms in total. The van der Waals surface area contributed by atoms with Gasteiger partial charge in [0, 0.05) is 26.7 Å². The number of anilines is 2. The van der Waals surface area contributed by atoms with E-state index in [0.29, 0.717) is 13.2 Å². The molecule has 1 aliphatic rings. The molecule has 1 aliphatic heterocycles. The first-order chi connectivity index (χ1) is 8.88. The van der Waals surface area contributed by atoms with Gasteiger partial charge in [0.1, 0.15) is 5.82 Å². The molecule has 0 saturated carbocycles. The lowest BCUT2D eigenvalue weighted by atomic mass is 10.3. The maximum absolute atomic E-state index is 12.8. The van der Waals surface area contributed by atoms with Gasteiger partial charge in [-0.2, -0.15) is 18.2 Å². The molecular formula is C11H15F3N4O. The second kappa shape index (κ2) is 5.20. The molecule has 1 aromatic heterocycles. The number of halogens is 3. The summed E-state index contributed by atoms with van der Waals surface area (Å²) in [6.45, 7) is 0.963. The number of nitrogens with zero attached hydrogens (tertiary/aromatic N) is 4. The Labute approximate surface area is 109 Å². The van der Waals surface area contributed by atoms with Crippen molar-refractivity contribution in [2.24, 2.45) is 0 Å². The van der Waals surface area contributed by atoms with Crippen molar-refractivity contribution in [1.82, 2.24) is 9.97 Å². The first-order valence-corrected chi connectivity index (χ1v) is 5.92. The third-order valence-corrected chi connectivity index (χ3v) is 2.68. The molecule has 8 heteroatoms. The van der Waals surface area contributed by atoms with Gasteiger partial charge in [0.2, 0.25) is 0 Å². The van der Waals surface area contributed by atoms with Gasteiger partial charge in [-0.3, -0.25) is 4.84 Å². The van der Waals surface area contributed by atoms with Crippen LogP contribution in [0.2, 0.25) is 0 Å². The van der Waals surface area contributed by atoms with Crippen LogP contribution in [0.1, 0.15) is 18.5 Å². The molecule has 2 rings (SSSR count). The van der Waals surface area contributed by atoms with Crippen molar-refractivity contribution < 1.29 is 18.0 Å². The van der Waals surface area contributed by atoms with Crippen LogP contribution < -0.4 is 9.96 Å². The van der Waals surface area contributed by atoms with Crippen molar-refractivity contribution in [3.05, 3.63) is 11.8 Å². The summed E-state index contributed by atoms with van der Waals surface area (Å²) < 4.78 is 38.4. The van der Waals surface area contributed by atoms with E-state index < -0.39 is 11.9 Å². The fourth-order valence-corrected chi connectivity index (χ4v) is 1.66. The summed E-state index contributed by atoms with van der Waals surface area (Å²) in [6, 6.07) is 0.924. The second-order valence-electron chi connectivity index (χ2n) is 4.45. The second-order valence-corrected chi connectivity index (χ2v) is 4.45. The largest absolute Gasteiger partial charge is 0.433 e. The lowest BCUT2D eigenvalue weighted by molar-refractivity contribution is -0.141. The highest BCUT2D eigenvalue weighted by Crippen LogP contribution is 2.31. The summed E-state index contributed by atoms with van der Waals surface area (Å²) >= 11 is 0. The van der Waals surface area contributed by atoms with Crippen molar-refractivity contribution >= 4 is 11.8 Å². The Morgan fingerprint density at radius 3 is 2.53 bits per heavy atom. The molecule has 0 amide bonds. The van der Waals surface area contributed by atoms with Crippen LogP contribution in [0.25, 0.3) is 0 Å². The first-order valence-electron chi connectivity index (χ1n) is 5.92. The molecule has 0 atom stereocenters. The van der Waals surface area contributed by atoms with Gasteiger partial charge in [0.15, 0.2) is 5.69 Å². The van der Waals surface area contributed by atoms with E-state index in [0.717, 1.165) is 18.9 Å². The molecule has 0 spiro atoms. The van der Waals surface area contributed by atoms with Crippen LogP contribution in [0.5, 0.6) is 0 Å². The van der Waals surface area contributed by atoms with Gasteiger partial charge in [-0.15, -0.1) is 0 Å². The summed E-state index contributed by atoms with van der Waals surface area (Å²) in [5, 5.41) is 1.33. The highest BCUT2D eigenvalue weighted by atomic mass is 19.4. The lowest BCUT2D eigenvalue weighted by Gasteiger charge is -2.27. The summed E-state index contributed by atoms with van der Waals surface area (Å²) in [4.78, 5) is 14.4. The predicted octanol–water partition coefficient (Wildman–Crippen LogP) is 2.09. The Morgan fingerprint density at radius 2 is 2.00 bits per heavy atom. The van der Waals surface area contributed by atoms with E-state index >= 15 is 0 Å². The number of rotatable bonds is 2. The van der Waals surface area contributed by atoms with Crippen molar-refractivity contribution in [3.8, 4) is 0 Å². The number of aromatic nitrogens is 2. The molecule has 0 unspecified atom stereocenters. The molecule has 0 aliphatic carbocycles. The average molecular weight is 276 g/mol. The van der Waals surface area contributed by atoms with Gasteiger partial charge >= 0.3 is 6.18 Å². The van der Waals surface area contributed by atoms with E-state index in [1.54, 1.807) is 14.1 Å². The number of hydroxylamine groups is 1. The van der Waals surface area contributed by atoms with Crippen LogP contribution in [0, 0.1) is 0 Å². The van der Waals surface area contributed by atoms with Gasteiger partial charge in [0.25, 0.3) is 5.95 Å². The Balaban J connectivity index is 2.39. The Bertz CT molecular complexity index is 444. The molecule has 0 aromatic carbocycles. The number of alkyl halides is 3. The molecule has 106 valence electrons. The van der Waals surface area contributed by atoms with E-state index in [1.807, 2.05) is 0 Å². The molecule has 19 heavy (non-hydrogen) atoms. The quantitative estimate of drug-likeness (QED) is 0.827. The van der Waals surface area contributed by atoms with Crippen LogP contribution in [0.3, 0.4) is 0 Å². The van der Waals surface area contributed by atoms with Crippen LogP contribution in [0.15, 0.2) is 6.07 Å². The maximum atomic E-state index is 12.8. The minimum Gasteiger partial charge on any atom is -0.363 e. The zero-order valence-corrected chi connectivity index (χ0v) is 10.7. The Hall–Kier alpha value is -1.57.